The van der Waals surface area contributed by atoms with E-state index >= 15 is 0 Å². The Labute approximate surface area is 575 Å². The topological polar surface area (TPSA) is 290 Å². The van der Waals surface area contributed by atoms with Gasteiger partial charge in [-0.3, -0.25) is 34.7 Å². The number of hydrogen-bond acceptors (Lipinski definition) is 21. The number of methoxy groups -OCH3 is 1. The van der Waals surface area contributed by atoms with Gasteiger partial charge in [0, 0.05) is 90.5 Å². The predicted molar refractivity (Wildman–Crippen MR) is 374 cm³/mol. The number of pyridine rings is 3. The van der Waals surface area contributed by atoms with Crippen LogP contribution in [0.2, 0.25) is 19.6 Å². The van der Waals surface area contributed by atoms with E-state index in [-0.39, 0.29) is 54.4 Å². The second kappa shape index (κ2) is 42.1. The highest BCUT2D eigenvalue weighted by Gasteiger charge is 2.25. The van der Waals surface area contributed by atoms with Crippen molar-refractivity contribution in [1.82, 2.24) is 15.0 Å². The molecule has 98 heavy (non-hydrogen) atoms. The smallest absolute Gasteiger partial charge is 0.287 e. The quantitative estimate of drug-likeness (QED) is 0.0187. The largest absolute Gasteiger partial charge is 0.545 e. The Balaban J connectivity index is 0.000000168. The van der Waals surface area contributed by atoms with Crippen molar-refractivity contribution in [3.63, 3.8) is 0 Å². The molecule has 5 unspecified atom stereocenters. The van der Waals surface area contributed by atoms with Crippen LogP contribution < -0.4 is 11.5 Å². The summed E-state index contributed by atoms with van der Waals surface area (Å²) >= 11 is 0. The number of nitro groups is 1. The highest BCUT2D eigenvalue weighted by atomic mass is 28.4. The van der Waals surface area contributed by atoms with E-state index in [9.17, 15) is 19.7 Å². The molecule has 1 saturated heterocycles. The minimum Gasteiger partial charge on any atom is -0.545 e. The molecule has 0 bridgehead atoms. The molecule has 5 aliphatic heterocycles. The minimum atomic E-state index is -1.48. The molecule has 0 aliphatic carbocycles. The number of Topliss-reactive ketones (excluding diaryl/α,β-unsaturated/α-hetero) is 1. The van der Waals surface area contributed by atoms with Gasteiger partial charge in [0.15, 0.2) is 5.78 Å². The Morgan fingerprint density at radius 2 is 1.00 bits per heavy atom. The van der Waals surface area contributed by atoms with E-state index in [0.29, 0.717) is 129 Å². The number of aliphatic hydroxyl groups excluding tert-OH is 1. The number of ketones is 2. The van der Waals surface area contributed by atoms with E-state index in [0.717, 1.165) is 56.9 Å². The van der Waals surface area contributed by atoms with Crippen LogP contribution in [0.4, 0.5) is 17.1 Å². The fourth-order valence-electron chi connectivity index (χ4n) is 10.1. The number of nitrogen functional groups attached to an aromatic ring is 2. The molecule has 0 spiro atoms. The Hall–Kier alpha value is -8.85. The third kappa shape index (κ3) is 29.5. The average molecular weight is 1360 g/mol. The van der Waals surface area contributed by atoms with Crippen molar-refractivity contribution in [3.8, 4) is 0 Å². The van der Waals surface area contributed by atoms with Gasteiger partial charge in [-0.2, -0.15) is 0 Å². The number of allylic oxidation sites excluding steroid dienone is 2. The maximum Gasteiger partial charge on any atom is 0.287 e. The summed E-state index contributed by atoms with van der Waals surface area (Å²) in [6, 6.07) is 45.3. The predicted octanol–water partition coefficient (Wildman–Crippen LogP) is 11.6. The van der Waals surface area contributed by atoms with E-state index in [1.54, 1.807) is 31.8 Å². The number of benzene rings is 4. The number of carbonyl (C=O) groups excluding carboxylic acids is 2. The molecule has 7 aromatic rings. The number of fused-ring (bicyclic) bond motifs is 3. The van der Waals surface area contributed by atoms with E-state index in [1.807, 2.05) is 121 Å². The standard InChI is InChI=1S/C16H16N2O4.C16H18N2O2.C13H16O3.C13H14O3.C9H12N2O2.C8H16O2Si/c19-18(20)14-6-13-10-22-15(7-16(13)17-8-14)11-21-9-12-4-2-1-3-5-12;17-14-6-13-10-20-15(7-16(13)18-8-14)11-19-9-12-4-2-1-3-5-12;2*14-12-6-7-16-13(8-12)10-15-9-11-4-2-1-3-5-11;10-7-1-6-5-13-8(4-12)2-9(6)11-3-7;1-8(6-7-9-2)10-11(3,4)5/h1-6,8,15H,7,9-11H2;1-6,8,15H,7,9-11,17H2;1-5,13H,6-10H2;1-7,13H,8-10H2;1,3,8,12H,2,4-5,10H2;6-7H,1H2,2-5H3/b;;;;;7-6+. The lowest BCUT2D eigenvalue weighted by Gasteiger charge is -2.24. The number of anilines is 2. The van der Waals surface area contributed by atoms with Gasteiger partial charge in [-0.1, -0.05) is 128 Å². The van der Waals surface area contributed by atoms with Crippen LogP contribution >= 0.6 is 0 Å². The second-order valence-corrected chi connectivity index (χ2v) is 28.8. The summed E-state index contributed by atoms with van der Waals surface area (Å²) in [5.74, 6) is 1.05. The highest BCUT2D eigenvalue weighted by Crippen LogP contribution is 2.25. The maximum atomic E-state index is 11.2. The van der Waals surface area contributed by atoms with Crippen molar-refractivity contribution >= 4 is 36.9 Å². The Morgan fingerprint density at radius 1 is 0.592 bits per heavy atom. The van der Waals surface area contributed by atoms with Crippen molar-refractivity contribution in [1.29, 1.82) is 0 Å². The number of rotatable bonds is 22. The molecular weight excluding hydrogens is 1270 g/mol. The number of carbonyl (C=O) groups is 2. The number of aromatic nitrogens is 3. The lowest BCUT2D eigenvalue weighted by molar-refractivity contribution is -0.385. The molecule has 3 aromatic heterocycles. The van der Waals surface area contributed by atoms with Gasteiger partial charge in [0.25, 0.3) is 5.69 Å². The highest BCUT2D eigenvalue weighted by molar-refractivity contribution is 6.70. The number of nitrogens with zero attached hydrogens (tertiary/aromatic N) is 4. The van der Waals surface area contributed by atoms with Gasteiger partial charge in [0.1, 0.15) is 18.1 Å². The molecule has 0 saturated carbocycles. The first-order valence-corrected chi connectivity index (χ1v) is 35.9. The van der Waals surface area contributed by atoms with Crippen LogP contribution in [-0.4, -0.2) is 122 Å². The maximum absolute atomic E-state index is 11.2. The van der Waals surface area contributed by atoms with Gasteiger partial charge in [-0.15, -0.1) is 0 Å². The molecular formula is C75H92N6O16Si. The van der Waals surface area contributed by atoms with Crippen molar-refractivity contribution in [2.45, 2.75) is 135 Å². The Morgan fingerprint density at radius 3 is 1.41 bits per heavy atom. The SMILES string of the molecule is C=C(/C=C/OC)O[Si](C)(C)C.Nc1cnc2c(c1)COC(CO)C2.Nc1cnc2c(c1)COC(COCc1ccccc1)C2.O=C1C=COC(COCc2ccccc2)C1.O=C1CCOC(COCc2ccccc2)C1.O=[N+]([O-])c1cnc2c(c1)COC(COCc1ccccc1)C2. The lowest BCUT2D eigenvalue weighted by Crippen LogP contribution is -2.29. The zero-order chi connectivity index (χ0) is 69.7. The monoisotopic (exact) mass is 1360 g/mol. The number of aliphatic hydroxyl groups is 1. The van der Waals surface area contributed by atoms with Crippen molar-refractivity contribution in [2.24, 2.45) is 0 Å². The van der Waals surface area contributed by atoms with Gasteiger partial charge in [-0.05, 0) is 54.0 Å². The molecule has 5 N–H and O–H groups in total. The zero-order valence-corrected chi connectivity index (χ0v) is 57.4. The van der Waals surface area contributed by atoms with Gasteiger partial charge in [0.2, 0.25) is 8.32 Å². The first-order valence-electron chi connectivity index (χ1n) is 32.5. The number of hydrogen-bond donors (Lipinski definition) is 3. The number of nitrogens with two attached hydrogens (primary N) is 2. The zero-order valence-electron chi connectivity index (χ0n) is 56.4. The third-order valence-electron chi connectivity index (χ3n) is 14.9. The molecule has 5 aliphatic rings. The van der Waals surface area contributed by atoms with Crippen molar-refractivity contribution in [2.75, 3.05) is 58.2 Å². The van der Waals surface area contributed by atoms with Gasteiger partial charge >= 0.3 is 0 Å². The molecule has 23 heteroatoms. The molecule has 522 valence electrons. The van der Waals surface area contributed by atoms with Crippen molar-refractivity contribution in [3.05, 3.63) is 261 Å². The van der Waals surface area contributed by atoms with E-state index < -0.39 is 13.2 Å². The van der Waals surface area contributed by atoms with Crippen LogP contribution in [0, 0.1) is 10.1 Å². The van der Waals surface area contributed by atoms with E-state index in [1.165, 1.54) is 30.2 Å². The van der Waals surface area contributed by atoms with Gasteiger partial charge < -0.3 is 68.4 Å². The van der Waals surface area contributed by atoms with Gasteiger partial charge in [0.05, 0.1) is 164 Å². The van der Waals surface area contributed by atoms with Gasteiger partial charge in [-0.25, -0.2) is 0 Å². The fraction of sp³-hybridized carbons (Fsp3) is 0.373. The van der Waals surface area contributed by atoms with Crippen LogP contribution in [0.3, 0.4) is 0 Å². The second-order valence-electron chi connectivity index (χ2n) is 24.3. The fourth-order valence-corrected chi connectivity index (χ4v) is 10.9. The molecule has 8 heterocycles. The molecule has 5 atom stereocenters. The molecule has 22 nitrogen and oxygen atoms in total. The van der Waals surface area contributed by atoms with Crippen LogP contribution in [0.15, 0.2) is 195 Å². The normalized spacial score (nSPS) is 18.2. The van der Waals surface area contributed by atoms with E-state index in [2.05, 4.69) is 53.3 Å². The van der Waals surface area contributed by atoms with Crippen LogP contribution in [0.5, 0.6) is 0 Å². The van der Waals surface area contributed by atoms with E-state index in [4.69, 9.17) is 68.4 Å². The third-order valence-corrected chi connectivity index (χ3v) is 15.8. The molecule has 4 aromatic carbocycles. The molecule has 1 fully saturated rings. The van der Waals surface area contributed by atoms with Crippen LogP contribution in [0.1, 0.15) is 75.3 Å². The number of ether oxygens (including phenoxy) is 10. The van der Waals surface area contributed by atoms with Crippen LogP contribution in [-0.2, 0) is 127 Å². The molecule has 0 amide bonds. The summed E-state index contributed by atoms with van der Waals surface area (Å²) in [5, 5.41) is 19.6. The Bertz CT molecular complexity index is 3590. The summed E-state index contributed by atoms with van der Waals surface area (Å²) in [6.07, 6.45) is 14.0. The summed E-state index contributed by atoms with van der Waals surface area (Å²) < 4.78 is 60.2. The Kier molecular flexibility index (Phi) is 32.8. The average Bonchev–Trinajstić information content (AvgIpc) is 0.869. The molecule has 12 rings (SSSR count). The summed E-state index contributed by atoms with van der Waals surface area (Å²) in [7, 11) is 0.119. The summed E-state index contributed by atoms with van der Waals surface area (Å²) in [6.45, 7) is 16.3. The van der Waals surface area contributed by atoms with Crippen molar-refractivity contribution < 1.29 is 71.4 Å². The summed E-state index contributed by atoms with van der Waals surface area (Å²) in [5.41, 5.74) is 23.0. The first-order chi connectivity index (χ1) is 47.5. The first kappa shape index (κ1) is 76.5. The lowest BCUT2D eigenvalue weighted by atomic mass is 10.1. The molecule has 0 radical (unpaired) electrons. The minimum absolute atomic E-state index is 0.00104. The van der Waals surface area contributed by atoms with Crippen LogP contribution in [0.25, 0.3) is 0 Å². The summed E-state index contributed by atoms with van der Waals surface area (Å²) in [4.78, 5) is 45.3.